The van der Waals surface area contributed by atoms with Crippen molar-refractivity contribution in [1.82, 2.24) is 24.5 Å². The van der Waals surface area contributed by atoms with Crippen LogP contribution in [0.25, 0.3) is 22.3 Å². The summed E-state index contributed by atoms with van der Waals surface area (Å²) in [6, 6.07) is 8.16. The van der Waals surface area contributed by atoms with Crippen molar-refractivity contribution in [1.29, 1.82) is 5.26 Å². The van der Waals surface area contributed by atoms with Crippen LogP contribution in [-0.4, -0.2) is 29.6 Å². The molecule has 0 unspecified atom stereocenters. The first kappa shape index (κ1) is 24.3. The number of hydrogen-bond donors (Lipinski definition) is 1. The predicted octanol–water partition coefficient (Wildman–Crippen LogP) is 5.63. The minimum atomic E-state index is -1.83. The number of aromatic nitrogens is 5. The fourth-order valence-electron chi connectivity index (χ4n) is 5.13. The molecule has 7 nitrogen and oxygen atoms in total. The molecule has 1 saturated carbocycles. The molecule has 0 bridgehead atoms. The SMILES string of the molecule is CC1CCC(Cn2c([C@@](C)(O)c3ncccc3F)nc3cc(C#N)nc(-c4cncc(Cl)c4)c32)CC1. The van der Waals surface area contributed by atoms with E-state index in [0.717, 1.165) is 25.7 Å². The molecule has 0 spiro atoms. The van der Waals surface area contributed by atoms with Gasteiger partial charge in [-0.15, -0.1) is 0 Å². The van der Waals surface area contributed by atoms with E-state index in [1.807, 2.05) is 4.57 Å². The summed E-state index contributed by atoms with van der Waals surface area (Å²) in [7, 11) is 0. The summed E-state index contributed by atoms with van der Waals surface area (Å²) in [4.78, 5) is 17.7. The highest BCUT2D eigenvalue weighted by Gasteiger charge is 2.37. The molecule has 0 aromatic carbocycles. The quantitative estimate of drug-likeness (QED) is 0.377. The molecular weight excluding hydrogens is 479 g/mol. The summed E-state index contributed by atoms with van der Waals surface area (Å²) in [5.41, 5.74) is 0.457. The number of rotatable bonds is 5. The Kier molecular flexibility index (Phi) is 6.45. The van der Waals surface area contributed by atoms with Crippen molar-refractivity contribution in [2.75, 3.05) is 0 Å². The van der Waals surface area contributed by atoms with Crippen molar-refractivity contribution in [3.63, 3.8) is 0 Å². The van der Waals surface area contributed by atoms with Gasteiger partial charge in [0.25, 0.3) is 0 Å². The first-order valence-corrected chi connectivity index (χ1v) is 12.4. The third-order valence-corrected chi connectivity index (χ3v) is 7.26. The topological polar surface area (TPSA) is 101 Å². The van der Waals surface area contributed by atoms with Gasteiger partial charge in [-0.25, -0.2) is 14.4 Å². The number of halogens is 2. The van der Waals surface area contributed by atoms with E-state index in [9.17, 15) is 14.8 Å². The van der Waals surface area contributed by atoms with Crippen LogP contribution in [0.4, 0.5) is 4.39 Å². The molecule has 1 fully saturated rings. The lowest BCUT2D eigenvalue weighted by Gasteiger charge is -2.29. The Labute approximate surface area is 213 Å². The van der Waals surface area contributed by atoms with E-state index in [4.69, 9.17) is 16.6 Å². The highest BCUT2D eigenvalue weighted by molar-refractivity contribution is 6.30. The van der Waals surface area contributed by atoms with Crippen LogP contribution >= 0.6 is 11.6 Å². The second-order valence-corrected chi connectivity index (χ2v) is 10.2. The Hall–Kier alpha value is -3.41. The van der Waals surface area contributed by atoms with Gasteiger partial charge in [-0.3, -0.25) is 9.97 Å². The molecule has 5 rings (SSSR count). The molecule has 1 aliphatic rings. The monoisotopic (exact) mass is 504 g/mol. The predicted molar refractivity (Wildman–Crippen MR) is 134 cm³/mol. The van der Waals surface area contributed by atoms with Crippen LogP contribution in [0.5, 0.6) is 0 Å². The number of nitrogens with zero attached hydrogens (tertiary/aromatic N) is 6. The molecule has 1 atom stereocenters. The Morgan fingerprint density at radius 3 is 2.69 bits per heavy atom. The highest BCUT2D eigenvalue weighted by atomic mass is 35.5. The molecule has 4 aromatic heterocycles. The standard InChI is InChI=1S/C27H26ClFN6O/c1-16-5-7-17(8-6-16)15-35-24-22(34-26(35)27(2,36)25-21(29)4-3-9-32-25)11-20(12-30)33-23(24)18-10-19(28)14-31-13-18/h3-4,9-11,13-14,16-17,36H,5-8,15H2,1-2H3/t16?,17?,27-/m0/s1. The minimum absolute atomic E-state index is 0.113. The zero-order valence-electron chi connectivity index (χ0n) is 20.1. The fraction of sp³-hybridized carbons (Fsp3) is 0.370. The number of aliphatic hydroxyl groups is 1. The molecule has 0 saturated heterocycles. The van der Waals surface area contributed by atoms with Crippen molar-refractivity contribution < 1.29 is 9.50 Å². The largest absolute Gasteiger partial charge is 0.376 e. The number of pyridine rings is 3. The molecule has 1 aliphatic carbocycles. The summed E-state index contributed by atoms with van der Waals surface area (Å²) < 4.78 is 16.8. The Morgan fingerprint density at radius 2 is 2.00 bits per heavy atom. The van der Waals surface area contributed by atoms with Crippen molar-refractivity contribution in [2.45, 2.75) is 51.7 Å². The van der Waals surface area contributed by atoms with Gasteiger partial charge in [0.2, 0.25) is 0 Å². The molecule has 184 valence electrons. The van der Waals surface area contributed by atoms with Gasteiger partial charge in [-0.05, 0) is 49.8 Å². The van der Waals surface area contributed by atoms with Crippen LogP contribution in [0.15, 0.2) is 42.9 Å². The first-order chi connectivity index (χ1) is 17.3. The maximum Gasteiger partial charge on any atom is 0.164 e. The fourth-order valence-corrected chi connectivity index (χ4v) is 5.30. The van der Waals surface area contributed by atoms with E-state index >= 15 is 0 Å². The average molecular weight is 505 g/mol. The van der Waals surface area contributed by atoms with Crippen LogP contribution in [0, 0.1) is 29.0 Å². The molecule has 0 radical (unpaired) electrons. The normalized spacial score (nSPS) is 19.7. The van der Waals surface area contributed by atoms with Gasteiger partial charge >= 0.3 is 0 Å². The van der Waals surface area contributed by atoms with Gasteiger partial charge in [0.1, 0.15) is 29.1 Å². The summed E-state index contributed by atoms with van der Waals surface area (Å²) in [5.74, 6) is 0.659. The van der Waals surface area contributed by atoms with Crippen LogP contribution in [-0.2, 0) is 12.1 Å². The molecule has 0 aliphatic heterocycles. The van der Waals surface area contributed by atoms with E-state index in [-0.39, 0.29) is 17.2 Å². The zero-order valence-corrected chi connectivity index (χ0v) is 20.9. The zero-order chi connectivity index (χ0) is 25.4. The molecular formula is C27H26ClFN6O. The second-order valence-electron chi connectivity index (χ2n) is 9.81. The average Bonchev–Trinajstić information content (AvgIpc) is 3.24. The summed E-state index contributed by atoms with van der Waals surface area (Å²) in [6.45, 7) is 4.33. The molecule has 0 amide bonds. The Bertz CT molecular complexity index is 1470. The second kappa shape index (κ2) is 9.57. The van der Waals surface area contributed by atoms with Crippen LogP contribution in [0.3, 0.4) is 0 Å². The van der Waals surface area contributed by atoms with Crippen molar-refractivity contribution in [3.05, 3.63) is 70.9 Å². The summed E-state index contributed by atoms with van der Waals surface area (Å²) in [6.07, 6.45) is 8.93. The van der Waals surface area contributed by atoms with E-state index < -0.39 is 11.4 Å². The summed E-state index contributed by atoms with van der Waals surface area (Å²) >= 11 is 6.24. The van der Waals surface area contributed by atoms with Gasteiger partial charge < -0.3 is 9.67 Å². The van der Waals surface area contributed by atoms with E-state index in [1.54, 1.807) is 18.3 Å². The van der Waals surface area contributed by atoms with E-state index in [0.29, 0.717) is 45.7 Å². The number of fused-ring (bicyclic) bond motifs is 1. The maximum atomic E-state index is 14.8. The molecule has 4 heterocycles. The van der Waals surface area contributed by atoms with Gasteiger partial charge in [0.15, 0.2) is 5.60 Å². The van der Waals surface area contributed by atoms with Crippen LogP contribution < -0.4 is 0 Å². The van der Waals surface area contributed by atoms with Gasteiger partial charge in [-0.2, -0.15) is 5.26 Å². The third-order valence-electron chi connectivity index (χ3n) is 7.05. The van der Waals surface area contributed by atoms with Crippen molar-refractivity contribution in [2.24, 2.45) is 11.8 Å². The molecule has 4 aromatic rings. The number of hydrogen-bond acceptors (Lipinski definition) is 6. The van der Waals surface area contributed by atoms with Gasteiger partial charge in [-0.1, -0.05) is 31.4 Å². The van der Waals surface area contributed by atoms with Gasteiger partial charge in [0, 0.05) is 36.8 Å². The van der Waals surface area contributed by atoms with Crippen molar-refractivity contribution in [3.8, 4) is 17.3 Å². The van der Waals surface area contributed by atoms with Gasteiger partial charge in [0.05, 0.1) is 21.7 Å². The lowest BCUT2D eigenvalue weighted by atomic mass is 9.83. The lowest BCUT2D eigenvalue weighted by Crippen LogP contribution is -2.31. The first-order valence-electron chi connectivity index (χ1n) is 12.0. The smallest absolute Gasteiger partial charge is 0.164 e. The summed E-state index contributed by atoms with van der Waals surface area (Å²) in [5, 5.41) is 21.8. The molecule has 1 N–H and O–H groups in total. The minimum Gasteiger partial charge on any atom is -0.376 e. The highest BCUT2D eigenvalue weighted by Crippen LogP contribution is 2.38. The lowest BCUT2D eigenvalue weighted by molar-refractivity contribution is 0.0777. The van der Waals surface area contributed by atoms with E-state index in [1.165, 1.54) is 31.5 Å². The third kappa shape index (κ3) is 4.45. The number of nitriles is 1. The van der Waals surface area contributed by atoms with E-state index in [2.05, 4.69) is 27.9 Å². The van der Waals surface area contributed by atoms with Crippen LogP contribution in [0.2, 0.25) is 5.02 Å². The molecule has 36 heavy (non-hydrogen) atoms. The Balaban J connectivity index is 1.78. The maximum absolute atomic E-state index is 14.8. The van der Waals surface area contributed by atoms with Crippen molar-refractivity contribution >= 4 is 22.6 Å². The molecule has 9 heteroatoms. The number of imidazole rings is 1. The Morgan fingerprint density at radius 1 is 1.22 bits per heavy atom. The van der Waals surface area contributed by atoms with Crippen LogP contribution in [0.1, 0.15) is 56.7 Å².